The number of likely N-dealkylation sites (tertiary alicyclic amines) is 1. The molecule has 5 nitrogen and oxygen atoms in total. The Morgan fingerprint density at radius 3 is 2.61 bits per heavy atom. The van der Waals surface area contributed by atoms with Gasteiger partial charge < -0.3 is 20.1 Å². The van der Waals surface area contributed by atoms with E-state index in [1.807, 2.05) is 30.9 Å². The van der Waals surface area contributed by atoms with E-state index in [0.29, 0.717) is 12.3 Å². The van der Waals surface area contributed by atoms with E-state index in [2.05, 4.69) is 12.2 Å². The van der Waals surface area contributed by atoms with Crippen LogP contribution >= 0.6 is 0 Å². The minimum atomic E-state index is -0.000671. The molecule has 2 amide bonds. The van der Waals surface area contributed by atoms with E-state index in [1.165, 1.54) is 0 Å². The molecule has 1 heterocycles. The average Bonchev–Trinajstić information content (AvgIpc) is 2.52. The highest BCUT2D eigenvalue weighted by Crippen LogP contribution is 2.23. The number of methoxy groups -OCH3 is 1. The summed E-state index contributed by atoms with van der Waals surface area (Å²) in [7, 11) is 1.73. The summed E-state index contributed by atoms with van der Waals surface area (Å²) in [4.78, 5) is 14.2. The predicted octanol–water partition coefficient (Wildman–Crippen LogP) is 2.76. The molecule has 2 unspecified atom stereocenters. The Morgan fingerprint density at radius 1 is 1.39 bits per heavy atom. The standard InChI is InChI=1S/C18H28N2O3/c1-12-9-15(10-13(2)17(12)21)5-7-19-18(22)20-8-6-16(23-4)11-14(20)3/h9-10,14,16,21H,5-8,11H2,1-4H3,(H,19,22). The summed E-state index contributed by atoms with van der Waals surface area (Å²) in [5.74, 6) is 0.354. The molecular formula is C18H28N2O3. The first-order chi connectivity index (χ1) is 10.9. The SMILES string of the molecule is COC1CCN(C(=O)NCCc2cc(C)c(O)c(C)c2)C(C)C1. The van der Waals surface area contributed by atoms with Crippen LogP contribution in [0, 0.1) is 13.8 Å². The molecule has 1 aromatic rings. The molecule has 1 aliphatic rings. The number of phenols is 1. The fourth-order valence-corrected chi connectivity index (χ4v) is 3.25. The minimum absolute atomic E-state index is 0.000671. The Kier molecular flexibility index (Phi) is 5.88. The van der Waals surface area contributed by atoms with Crippen molar-refractivity contribution in [3.05, 3.63) is 28.8 Å². The Balaban J connectivity index is 1.83. The van der Waals surface area contributed by atoms with Crippen LogP contribution < -0.4 is 5.32 Å². The fourth-order valence-electron chi connectivity index (χ4n) is 3.25. The molecule has 0 saturated carbocycles. The number of amides is 2. The molecule has 2 rings (SSSR count). The number of hydrogen-bond donors (Lipinski definition) is 2. The van der Waals surface area contributed by atoms with E-state index in [4.69, 9.17) is 4.74 Å². The maximum atomic E-state index is 12.3. The molecule has 2 atom stereocenters. The summed E-state index contributed by atoms with van der Waals surface area (Å²) < 4.78 is 5.38. The molecule has 5 heteroatoms. The van der Waals surface area contributed by atoms with Crippen LogP contribution in [0.4, 0.5) is 4.79 Å². The molecule has 0 aliphatic carbocycles. The molecule has 1 aromatic carbocycles. The van der Waals surface area contributed by atoms with Gasteiger partial charge in [-0.05, 0) is 56.7 Å². The van der Waals surface area contributed by atoms with Crippen molar-refractivity contribution in [1.29, 1.82) is 0 Å². The van der Waals surface area contributed by atoms with Crippen LogP contribution in [0.5, 0.6) is 5.75 Å². The lowest BCUT2D eigenvalue weighted by Gasteiger charge is -2.37. The Bertz CT molecular complexity index is 536. The maximum absolute atomic E-state index is 12.3. The van der Waals surface area contributed by atoms with Crippen LogP contribution in [-0.2, 0) is 11.2 Å². The number of carbonyl (C=O) groups is 1. The second-order valence-electron chi connectivity index (χ2n) is 6.48. The molecular weight excluding hydrogens is 292 g/mol. The van der Waals surface area contributed by atoms with Crippen LogP contribution in [0.1, 0.15) is 36.5 Å². The summed E-state index contributed by atoms with van der Waals surface area (Å²) in [6, 6.07) is 4.15. The predicted molar refractivity (Wildman–Crippen MR) is 90.9 cm³/mol. The summed E-state index contributed by atoms with van der Waals surface area (Å²) in [5, 5.41) is 12.8. The molecule has 2 N–H and O–H groups in total. The van der Waals surface area contributed by atoms with E-state index >= 15 is 0 Å². The molecule has 1 fully saturated rings. The lowest BCUT2D eigenvalue weighted by atomic mass is 10.0. The van der Waals surface area contributed by atoms with Gasteiger partial charge in [-0.15, -0.1) is 0 Å². The molecule has 1 aliphatic heterocycles. The monoisotopic (exact) mass is 320 g/mol. The zero-order valence-corrected chi connectivity index (χ0v) is 14.6. The highest BCUT2D eigenvalue weighted by Gasteiger charge is 2.28. The summed E-state index contributed by atoms with van der Waals surface area (Å²) >= 11 is 0. The van der Waals surface area contributed by atoms with Crippen LogP contribution in [0.3, 0.4) is 0 Å². The molecule has 0 spiro atoms. The third-order valence-corrected chi connectivity index (χ3v) is 4.66. The second-order valence-corrected chi connectivity index (χ2v) is 6.48. The van der Waals surface area contributed by atoms with Gasteiger partial charge in [0.15, 0.2) is 0 Å². The second kappa shape index (κ2) is 7.68. The Labute approximate surface area is 138 Å². The van der Waals surface area contributed by atoms with Gasteiger partial charge in [0.05, 0.1) is 6.10 Å². The fraction of sp³-hybridized carbons (Fsp3) is 0.611. The summed E-state index contributed by atoms with van der Waals surface area (Å²) in [6.45, 7) is 7.19. The van der Waals surface area contributed by atoms with Gasteiger partial charge in [-0.1, -0.05) is 12.1 Å². The van der Waals surface area contributed by atoms with E-state index in [-0.39, 0.29) is 18.2 Å². The summed E-state index contributed by atoms with van der Waals surface area (Å²) in [6.07, 6.45) is 2.80. The van der Waals surface area contributed by atoms with Gasteiger partial charge in [0.2, 0.25) is 0 Å². The number of piperidine rings is 1. The number of urea groups is 1. The van der Waals surface area contributed by atoms with Crippen LogP contribution in [0.15, 0.2) is 12.1 Å². The van der Waals surface area contributed by atoms with E-state index in [0.717, 1.165) is 42.5 Å². The number of nitrogens with zero attached hydrogens (tertiary/aromatic N) is 1. The van der Waals surface area contributed by atoms with Gasteiger partial charge in [0.25, 0.3) is 0 Å². The average molecular weight is 320 g/mol. The third-order valence-electron chi connectivity index (χ3n) is 4.66. The number of aryl methyl sites for hydroxylation is 2. The van der Waals surface area contributed by atoms with Crippen molar-refractivity contribution in [2.75, 3.05) is 20.2 Å². The molecule has 0 aromatic heterocycles. The van der Waals surface area contributed by atoms with Gasteiger partial charge in [-0.2, -0.15) is 0 Å². The van der Waals surface area contributed by atoms with Gasteiger partial charge in [-0.25, -0.2) is 4.79 Å². The van der Waals surface area contributed by atoms with Crippen molar-refractivity contribution < 1.29 is 14.6 Å². The highest BCUT2D eigenvalue weighted by atomic mass is 16.5. The topological polar surface area (TPSA) is 61.8 Å². The zero-order valence-electron chi connectivity index (χ0n) is 14.6. The van der Waals surface area contributed by atoms with E-state index in [1.54, 1.807) is 7.11 Å². The Morgan fingerprint density at radius 2 is 2.04 bits per heavy atom. The first kappa shape index (κ1) is 17.6. The van der Waals surface area contributed by atoms with Crippen molar-refractivity contribution in [1.82, 2.24) is 10.2 Å². The minimum Gasteiger partial charge on any atom is -0.507 e. The van der Waals surface area contributed by atoms with Crippen LogP contribution in [0.25, 0.3) is 0 Å². The number of hydrogen-bond acceptors (Lipinski definition) is 3. The highest BCUT2D eigenvalue weighted by molar-refractivity contribution is 5.74. The smallest absolute Gasteiger partial charge is 0.317 e. The van der Waals surface area contributed by atoms with Crippen LogP contribution in [-0.4, -0.2) is 48.4 Å². The van der Waals surface area contributed by atoms with Gasteiger partial charge in [-0.3, -0.25) is 0 Å². The first-order valence-electron chi connectivity index (χ1n) is 8.28. The Hall–Kier alpha value is -1.75. The molecule has 0 radical (unpaired) electrons. The molecule has 128 valence electrons. The third kappa shape index (κ3) is 4.38. The number of nitrogens with one attached hydrogen (secondary N) is 1. The number of phenolic OH excluding ortho intramolecular Hbond substituents is 1. The van der Waals surface area contributed by atoms with Crippen molar-refractivity contribution >= 4 is 6.03 Å². The largest absolute Gasteiger partial charge is 0.507 e. The van der Waals surface area contributed by atoms with Crippen LogP contribution in [0.2, 0.25) is 0 Å². The van der Waals surface area contributed by atoms with Crippen molar-refractivity contribution in [2.24, 2.45) is 0 Å². The van der Waals surface area contributed by atoms with Crippen molar-refractivity contribution in [3.63, 3.8) is 0 Å². The van der Waals surface area contributed by atoms with Crippen molar-refractivity contribution in [3.8, 4) is 5.75 Å². The molecule has 1 saturated heterocycles. The number of ether oxygens (including phenoxy) is 1. The van der Waals surface area contributed by atoms with Gasteiger partial charge in [0, 0.05) is 26.2 Å². The number of rotatable bonds is 4. The first-order valence-corrected chi connectivity index (χ1v) is 8.28. The summed E-state index contributed by atoms with van der Waals surface area (Å²) in [5.41, 5.74) is 2.88. The number of aromatic hydroxyl groups is 1. The zero-order chi connectivity index (χ0) is 17.0. The number of carbonyl (C=O) groups excluding carboxylic acids is 1. The maximum Gasteiger partial charge on any atom is 0.317 e. The quantitative estimate of drug-likeness (QED) is 0.897. The van der Waals surface area contributed by atoms with Gasteiger partial charge in [0.1, 0.15) is 5.75 Å². The van der Waals surface area contributed by atoms with E-state index < -0.39 is 0 Å². The molecule has 23 heavy (non-hydrogen) atoms. The lowest BCUT2D eigenvalue weighted by molar-refractivity contribution is 0.0294. The van der Waals surface area contributed by atoms with Gasteiger partial charge >= 0.3 is 6.03 Å². The lowest BCUT2D eigenvalue weighted by Crippen LogP contribution is -2.50. The normalized spacial score (nSPS) is 21.3. The molecule has 0 bridgehead atoms. The number of benzene rings is 1. The van der Waals surface area contributed by atoms with E-state index in [9.17, 15) is 9.90 Å². The van der Waals surface area contributed by atoms with Crippen molar-refractivity contribution in [2.45, 2.75) is 52.2 Å².